The van der Waals surface area contributed by atoms with Crippen molar-refractivity contribution < 1.29 is 0 Å². The zero-order valence-corrected chi connectivity index (χ0v) is 8.68. The van der Waals surface area contributed by atoms with Crippen LogP contribution in [-0.2, 0) is 0 Å². The minimum atomic E-state index is 0.0604. The van der Waals surface area contributed by atoms with E-state index in [1.807, 2.05) is 25.3 Å². The third-order valence-electron chi connectivity index (χ3n) is 1.49. The molecule has 0 N–H and O–H groups in total. The van der Waals surface area contributed by atoms with Gasteiger partial charge in [0.25, 0.3) is 0 Å². The minimum Gasteiger partial charge on any atom is -0.260 e. The first-order chi connectivity index (χ1) is 5.97. The molecule has 1 heteroatoms. The Balaban J connectivity index is 2.85. The van der Waals surface area contributed by atoms with Crippen LogP contribution in [0.1, 0.15) is 32.0 Å². The molecule has 0 aromatic carbocycles. The van der Waals surface area contributed by atoms with Gasteiger partial charge in [0.15, 0.2) is 0 Å². The summed E-state index contributed by atoms with van der Waals surface area (Å²) in [5, 5.41) is 0. The number of aryl methyl sites for hydroxylation is 1. The van der Waals surface area contributed by atoms with Crippen molar-refractivity contribution in [3.05, 3.63) is 29.6 Å². The van der Waals surface area contributed by atoms with Crippen molar-refractivity contribution in [2.45, 2.75) is 27.7 Å². The maximum Gasteiger partial charge on any atom is 0.0429 e. The monoisotopic (exact) mass is 173 g/mol. The molecule has 0 bridgehead atoms. The van der Waals surface area contributed by atoms with Crippen LogP contribution in [0.4, 0.5) is 0 Å². The highest BCUT2D eigenvalue weighted by Gasteiger charge is 2.03. The van der Waals surface area contributed by atoms with Crippen LogP contribution in [0.5, 0.6) is 0 Å². The van der Waals surface area contributed by atoms with Crippen LogP contribution in [0.2, 0.25) is 0 Å². The maximum atomic E-state index is 4.18. The van der Waals surface area contributed by atoms with Gasteiger partial charge in [-0.25, -0.2) is 0 Å². The van der Waals surface area contributed by atoms with Gasteiger partial charge < -0.3 is 0 Å². The van der Waals surface area contributed by atoms with E-state index < -0.39 is 0 Å². The van der Waals surface area contributed by atoms with Gasteiger partial charge in [0.05, 0.1) is 0 Å². The molecule has 0 atom stereocenters. The molecule has 1 nitrogen and oxygen atoms in total. The summed E-state index contributed by atoms with van der Waals surface area (Å²) in [6.07, 6.45) is 1.81. The number of aromatic nitrogens is 1. The number of hydrogen-bond acceptors (Lipinski definition) is 1. The molecule has 0 unspecified atom stereocenters. The zero-order chi connectivity index (χ0) is 9.90. The standard InChI is InChI=1S/C12H15N/c1-10-5-6-11(9-13-10)7-8-12(2,3)4/h5-6,9H,1-4H3. The molecule has 0 radical (unpaired) electrons. The third kappa shape index (κ3) is 3.75. The highest BCUT2D eigenvalue weighted by atomic mass is 14.6. The van der Waals surface area contributed by atoms with Gasteiger partial charge in [0, 0.05) is 22.9 Å². The summed E-state index contributed by atoms with van der Waals surface area (Å²) in [7, 11) is 0. The van der Waals surface area contributed by atoms with Crippen molar-refractivity contribution >= 4 is 0 Å². The van der Waals surface area contributed by atoms with Crippen LogP contribution in [0.25, 0.3) is 0 Å². The molecule has 0 aliphatic rings. The second-order valence-electron chi connectivity index (χ2n) is 4.19. The van der Waals surface area contributed by atoms with Crippen molar-refractivity contribution in [2.75, 3.05) is 0 Å². The summed E-state index contributed by atoms with van der Waals surface area (Å²) < 4.78 is 0. The van der Waals surface area contributed by atoms with E-state index in [2.05, 4.69) is 37.6 Å². The van der Waals surface area contributed by atoms with E-state index in [1.54, 1.807) is 0 Å². The van der Waals surface area contributed by atoms with Gasteiger partial charge in [-0.05, 0) is 39.8 Å². The third-order valence-corrected chi connectivity index (χ3v) is 1.49. The van der Waals surface area contributed by atoms with E-state index in [4.69, 9.17) is 0 Å². The normalized spacial score (nSPS) is 10.5. The van der Waals surface area contributed by atoms with Crippen LogP contribution >= 0.6 is 0 Å². The van der Waals surface area contributed by atoms with E-state index in [9.17, 15) is 0 Å². The lowest BCUT2D eigenvalue weighted by atomic mass is 9.97. The van der Waals surface area contributed by atoms with Gasteiger partial charge in [0.2, 0.25) is 0 Å². The Bertz CT molecular complexity index is 330. The topological polar surface area (TPSA) is 12.9 Å². The van der Waals surface area contributed by atoms with E-state index in [-0.39, 0.29) is 5.41 Å². The second kappa shape index (κ2) is 3.62. The van der Waals surface area contributed by atoms with Crippen molar-refractivity contribution in [1.29, 1.82) is 0 Å². The summed E-state index contributed by atoms with van der Waals surface area (Å²) >= 11 is 0. The van der Waals surface area contributed by atoms with Gasteiger partial charge in [-0.2, -0.15) is 0 Å². The van der Waals surface area contributed by atoms with E-state index in [1.165, 1.54) is 0 Å². The predicted molar refractivity (Wildman–Crippen MR) is 55.3 cm³/mol. The van der Waals surface area contributed by atoms with E-state index in [0.717, 1.165) is 11.3 Å². The van der Waals surface area contributed by atoms with Gasteiger partial charge in [-0.3, -0.25) is 4.98 Å². The molecule has 1 heterocycles. The fourth-order valence-electron chi connectivity index (χ4n) is 0.801. The van der Waals surface area contributed by atoms with E-state index in [0.29, 0.717) is 0 Å². The van der Waals surface area contributed by atoms with Gasteiger partial charge >= 0.3 is 0 Å². The first kappa shape index (κ1) is 9.80. The molecule has 0 spiro atoms. The number of nitrogens with zero attached hydrogens (tertiary/aromatic N) is 1. The molecule has 1 rings (SSSR count). The van der Waals surface area contributed by atoms with Crippen LogP contribution in [-0.4, -0.2) is 4.98 Å². The Kier molecular flexibility index (Phi) is 2.72. The van der Waals surface area contributed by atoms with Gasteiger partial charge in [0.1, 0.15) is 0 Å². The van der Waals surface area contributed by atoms with Crippen molar-refractivity contribution in [2.24, 2.45) is 5.41 Å². The molecule has 0 amide bonds. The summed E-state index contributed by atoms with van der Waals surface area (Å²) in [5.41, 5.74) is 2.08. The molecular formula is C12H15N. The summed E-state index contributed by atoms with van der Waals surface area (Å²) in [5.74, 6) is 6.27. The Morgan fingerprint density at radius 2 is 1.92 bits per heavy atom. The molecule has 0 saturated heterocycles. The smallest absolute Gasteiger partial charge is 0.0429 e. The Labute approximate surface area is 80.2 Å². The first-order valence-corrected chi connectivity index (χ1v) is 4.43. The van der Waals surface area contributed by atoms with Crippen LogP contribution < -0.4 is 0 Å². The molecule has 13 heavy (non-hydrogen) atoms. The van der Waals surface area contributed by atoms with Gasteiger partial charge in [-0.1, -0.05) is 11.8 Å². The summed E-state index contributed by atoms with van der Waals surface area (Å²) in [6.45, 7) is 8.27. The highest BCUT2D eigenvalue weighted by molar-refractivity contribution is 5.33. The number of pyridine rings is 1. The largest absolute Gasteiger partial charge is 0.260 e. The molecule has 0 aliphatic carbocycles. The van der Waals surface area contributed by atoms with Gasteiger partial charge in [-0.15, -0.1) is 0 Å². The second-order valence-corrected chi connectivity index (χ2v) is 4.19. The zero-order valence-electron chi connectivity index (χ0n) is 8.68. The maximum absolute atomic E-state index is 4.18. The van der Waals surface area contributed by atoms with Crippen molar-refractivity contribution in [1.82, 2.24) is 4.98 Å². The summed E-state index contributed by atoms with van der Waals surface area (Å²) in [4.78, 5) is 4.18. The average molecular weight is 173 g/mol. The molecule has 68 valence electrons. The lowest BCUT2D eigenvalue weighted by Crippen LogP contribution is -1.99. The summed E-state index contributed by atoms with van der Waals surface area (Å²) in [6, 6.07) is 3.98. The lowest BCUT2D eigenvalue weighted by Gasteiger charge is -2.06. The Hall–Kier alpha value is -1.29. The van der Waals surface area contributed by atoms with E-state index >= 15 is 0 Å². The number of hydrogen-bond donors (Lipinski definition) is 0. The average Bonchev–Trinajstić information content (AvgIpc) is 2.02. The van der Waals surface area contributed by atoms with Crippen LogP contribution in [0.3, 0.4) is 0 Å². The fourth-order valence-corrected chi connectivity index (χ4v) is 0.801. The lowest BCUT2D eigenvalue weighted by molar-refractivity contribution is 0.571. The quantitative estimate of drug-likeness (QED) is 0.550. The predicted octanol–water partition coefficient (Wildman–Crippen LogP) is 2.79. The Morgan fingerprint density at radius 1 is 1.23 bits per heavy atom. The van der Waals surface area contributed by atoms with Crippen LogP contribution in [0.15, 0.2) is 18.3 Å². The molecule has 1 aromatic heterocycles. The molecule has 0 fully saturated rings. The molecular weight excluding hydrogens is 158 g/mol. The Morgan fingerprint density at radius 3 is 2.38 bits per heavy atom. The molecule has 0 aliphatic heterocycles. The number of rotatable bonds is 0. The highest BCUT2D eigenvalue weighted by Crippen LogP contribution is 2.10. The van der Waals surface area contributed by atoms with Crippen LogP contribution in [0, 0.1) is 24.2 Å². The SMILES string of the molecule is Cc1ccc(C#CC(C)(C)C)cn1. The molecule has 0 saturated carbocycles. The fraction of sp³-hybridized carbons (Fsp3) is 0.417. The van der Waals surface area contributed by atoms with Crippen molar-refractivity contribution in [3.8, 4) is 11.8 Å². The van der Waals surface area contributed by atoms with Crippen molar-refractivity contribution in [3.63, 3.8) is 0 Å². The molecule has 1 aromatic rings. The minimum absolute atomic E-state index is 0.0604. The first-order valence-electron chi connectivity index (χ1n) is 4.43.